The zero-order valence-electron chi connectivity index (χ0n) is 36.7. The van der Waals surface area contributed by atoms with Gasteiger partial charge < -0.3 is 4.90 Å². The molecule has 65 heavy (non-hydrogen) atoms. The van der Waals surface area contributed by atoms with E-state index in [0.717, 1.165) is 29.0 Å². The summed E-state index contributed by atoms with van der Waals surface area (Å²) in [7, 11) is 0. The van der Waals surface area contributed by atoms with Crippen LogP contribution in [0.2, 0.25) is 0 Å². The Morgan fingerprint density at radius 1 is 0.385 bits per heavy atom. The van der Waals surface area contributed by atoms with E-state index in [1.807, 2.05) is 0 Å². The van der Waals surface area contributed by atoms with Crippen LogP contribution in [0.4, 0.5) is 17.1 Å². The summed E-state index contributed by atoms with van der Waals surface area (Å²) in [6.45, 7) is 9.39. The number of anilines is 3. The van der Waals surface area contributed by atoms with Crippen LogP contribution in [-0.4, -0.2) is 0 Å². The van der Waals surface area contributed by atoms with Crippen molar-refractivity contribution in [1.29, 1.82) is 0 Å². The largest absolute Gasteiger partial charge is 0.310 e. The summed E-state index contributed by atoms with van der Waals surface area (Å²) in [5.74, 6) is 0. The molecule has 0 saturated heterocycles. The van der Waals surface area contributed by atoms with Gasteiger partial charge in [0.25, 0.3) is 0 Å². The third-order valence-electron chi connectivity index (χ3n) is 14.0. The van der Waals surface area contributed by atoms with Gasteiger partial charge in [0.05, 0.1) is 5.41 Å². The number of allylic oxidation sites excluding steroid dienone is 5. The number of nitrogens with zero attached hydrogens (tertiary/aromatic N) is 1. The lowest BCUT2D eigenvalue weighted by Crippen LogP contribution is -2.31. The Kier molecular flexibility index (Phi) is 9.14. The zero-order chi connectivity index (χ0) is 43.6. The van der Waals surface area contributed by atoms with Crippen LogP contribution in [0.5, 0.6) is 0 Å². The summed E-state index contributed by atoms with van der Waals surface area (Å²) in [4.78, 5) is 2.38. The number of hydrogen-bond donors (Lipinski definition) is 0. The SMILES string of the molecule is C=C1CC=CC2=C1C1(c3c(C)cccc32)c2c(C)cccc2-c2cccc(-c3ccc(-c4cccc(N(c5ccc(-c6ccccc6)cc5)c5cccc(-c6ccccc6)c5)c4)cc3)c21. The van der Waals surface area contributed by atoms with E-state index in [2.05, 4.69) is 243 Å². The van der Waals surface area contributed by atoms with E-state index in [0.29, 0.717) is 0 Å². The molecule has 0 bridgehead atoms. The summed E-state index contributed by atoms with van der Waals surface area (Å²) < 4.78 is 0. The van der Waals surface area contributed by atoms with Crippen molar-refractivity contribution in [1.82, 2.24) is 0 Å². The van der Waals surface area contributed by atoms with Crippen molar-refractivity contribution in [2.45, 2.75) is 25.7 Å². The van der Waals surface area contributed by atoms with Crippen molar-refractivity contribution in [2.24, 2.45) is 0 Å². The van der Waals surface area contributed by atoms with Crippen molar-refractivity contribution in [3.63, 3.8) is 0 Å². The second-order valence-electron chi connectivity index (χ2n) is 17.8. The van der Waals surface area contributed by atoms with Gasteiger partial charge in [-0.25, -0.2) is 0 Å². The third kappa shape index (κ3) is 6.07. The fraction of sp³-hybridized carbons (Fsp3) is 0.0625. The van der Waals surface area contributed by atoms with Crippen molar-refractivity contribution < 1.29 is 0 Å². The number of fused-ring (bicyclic) bond motifs is 9. The summed E-state index contributed by atoms with van der Waals surface area (Å²) in [6.07, 6.45) is 5.51. The molecule has 0 aromatic heterocycles. The smallest absolute Gasteiger partial charge is 0.0739 e. The number of aryl methyl sites for hydroxylation is 2. The molecular formula is C64H47N. The molecule has 0 saturated carbocycles. The average Bonchev–Trinajstić information content (AvgIpc) is 3.84. The van der Waals surface area contributed by atoms with Gasteiger partial charge in [-0.15, -0.1) is 0 Å². The predicted molar refractivity (Wildman–Crippen MR) is 274 cm³/mol. The Morgan fingerprint density at radius 3 is 1.46 bits per heavy atom. The molecule has 9 aromatic rings. The molecule has 0 fully saturated rings. The van der Waals surface area contributed by atoms with Gasteiger partial charge in [0.15, 0.2) is 0 Å². The average molecular weight is 830 g/mol. The van der Waals surface area contributed by atoms with Crippen LogP contribution in [0.15, 0.2) is 242 Å². The van der Waals surface area contributed by atoms with Crippen molar-refractivity contribution >= 4 is 22.6 Å². The highest BCUT2D eigenvalue weighted by atomic mass is 15.1. The Balaban J connectivity index is 0.973. The fourth-order valence-corrected chi connectivity index (χ4v) is 11.3. The van der Waals surface area contributed by atoms with Crippen molar-refractivity contribution in [3.05, 3.63) is 276 Å². The summed E-state index contributed by atoms with van der Waals surface area (Å²) in [5.41, 5.74) is 27.1. The van der Waals surface area contributed by atoms with E-state index >= 15 is 0 Å². The molecule has 1 atom stereocenters. The maximum absolute atomic E-state index is 4.79. The van der Waals surface area contributed by atoms with Crippen LogP contribution in [0, 0.1) is 13.8 Å². The minimum atomic E-state index is -0.460. The second-order valence-corrected chi connectivity index (χ2v) is 17.8. The zero-order valence-corrected chi connectivity index (χ0v) is 36.7. The Labute approximate surface area is 382 Å². The maximum Gasteiger partial charge on any atom is 0.0739 e. The quantitative estimate of drug-likeness (QED) is 0.155. The Morgan fingerprint density at radius 2 is 0.831 bits per heavy atom. The molecule has 1 nitrogen and oxygen atoms in total. The van der Waals surface area contributed by atoms with Crippen LogP contribution in [0.25, 0.3) is 61.2 Å². The first-order valence-corrected chi connectivity index (χ1v) is 22.7. The summed E-state index contributed by atoms with van der Waals surface area (Å²) >= 11 is 0. The van der Waals surface area contributed by atoms with Gasteiger partial charge in [0, 0.05) is 17.1 Å². The van der Waals surface area contributed by atoms with Gasteiger partial charge >= 0.3 is 0 Å². The molecule has 0 heterocycles. The van der Waals surface area contributed by atoms with Gasteiger partial charge in [-0.3, -0.25) is 0 Å². The number of rotatable bonds is 7. The molecule has 3 aliphatic rings. The lowest BCUT2D eigenvalue weighted by molar-refractivity contribution is 0.757. The molecule has 3 aliphatic carbocycles. The first kappa shape index (κ1) is 38.7. The number of hydrogen-bond acceptors (Lipinski definition) is 1. The standard InChI is InChI=1S/C64H47N/c1-42-16-10-28-56-57-29-11-17-43(2)61(57)64(60(42)56)62-44(3)18-12-30-58(62)59-31-15-27-55(63(59)64)49-34-32-48(33-35-49)51-24-14-26-54(41-51)65(52-38-36-47(37-39-52)45-19-6-4-7-20-45)53-25-13-23-50(40-53)46-21-8-5-9-22-46/h4-15,17-41H,1,16H2,2-3H3. The minimum absolute atomic E-state index is 0.460. The van der Waals surface area contributed by atoms with Gasteiger partial charge in [-0.05, 0) is 162 Å². The lowest BCUT2D eigenvalue weighted by Gasteiger charge is -2.37. The second kappa shape index (κ2) is 15.4. The first-order chi connectivity index (χ1) is 32.0. The van der Waals surface area contributed by atoms with Crippen LogP contribution in [0.1, 0.15) is 39.8 Å². The maximum atomic E-state index is 4.79. The Hall–Kier alpha value is -8.00. The molecule has 1 spiro atoms. The monoisotopic (exact) mass is 829 g/mol. The van der Waals surface area contributed by atoms with Crippen LogP contribution in [0.3, 0.4) is 0 Å². The highest BCUT2D eigenvalue weighted by Crippen LogP contribution is 2.67. The predicted octanol–water partition coefficient (Wildman–Crippen LogP) is 17.0. The fourth-order valence-electron chi connectivity index (χ4n) is 11.3. The molecule has 0 aliphatic heterocycles. The molecule has 9 aromatic carbocycles. The highest BCUT2D eigenvalue weighted by Gasteiger charge is 2.55. The first-order valence-electron chi connectivity index (χ1n) is 22.7. The van der Waals surface area contributed by atoms with Crippen molar-refractivity contribution in [2.75, 3.05) is 4.90 Å². The molecule has 1 heteroatoms. The van der Waals surface area contributed by atoms with Crippen LogP contribution >= 0.6 is 0 Å². The highest BCUT2D eigenvalue weighted by molar-refractivity contribution is 6.03. The van der Waals surface area contributed by atoms with E-state index in [-0.39, 0.29) is 0 Å². The van der Waals surface area contributed by atoms with Crippen molar-refractivity contribution in [3.8, 4) is 55.6 Å². The lowest BCUT2D eigenvalue weighted by atomic mass is 9.64. The molecule has 0 amide bonds. The van der Waals surface area contributed by atoms with Crippen LogP contribution < -0.4 is 4.90 Å². The van der Waals surface area contributed by atoms with E-state index in [4.69, 9.17) is 6.58 Å². The van der Waals surface area contributed by atoms with E-state index < -0.39 is 5.41 Å². The Bertz CT molecular complexity index is 3400. The topological polar surface area (TPSA) is 3.24 Å². The summed E-state index contributed by atoms with van der Waals surface area (Å²) in [6, 6.07) is 78.0. The van der Waals surface area contributed by atoms with E-state index in [1.54, 1.807) is 0 Å². The van der Waals surface area contributed by atoms with Crippen LogP contribution in [-0.2, 0) is 5.41 Å². The van der Waals surface area contributed by atoms with Gasteiger partial charge in [0.1, 0.15) is 0 Å². The molecular weight excluding hydrogens is 783 g/mol. The molecule has 0 N–H and O–H groups in total. The molecule has 12 rings (SSSR count). The molecule has 1 unspecified atom stereocenters. The molecule has 0 radical (unpaired) electrons. The van der Waals surface area contributed by atoms with E-state index in [9.17, 15) is 0 Å². The number of benzene rings is 9. The third-order valence-corrected chi connectivity index (χ3v) is 14.0. The normalized spacial score (nSPS) is 15.4. The van der Waals surface area contributed by atoms with Gasteiger partial charge in [0.2, 0.25) is 0 Å². The van der Waals surface area contributed by atoms with Gasteiger partial charge in [-0.1, -0.05) is 195 Å². The minimum Gasteiger partial charge on any atom is -0.310 e. The van der Waals surface area contributed by atoms with Gasteiger partial charge in [-0.2, -0.15) is 0 Å². The summed E-state index contributed by atoms with van der Waals surface area (Å²) in [5, 5.41) is 0. The molecule has 308 valence electrons. The van der Waals surface area contributed by atoms with E-state index in [1.165, 1.54) is 100 Å².